The van der Waals surface area contributed by atoms with Gasteiger partial charge in [0.05, 0.1) is 68.8 Å². The number of rotatable bonds is 5. The zero-order valence-corrected chi connectivity index (χ0v) is 29.8. The Labute approximate surface area is 322 Å². The third kappa shape index (κ3) is 5.20. The first-order chi connectivity index (χ1) is 27.6. The summed E-state index contributed by atoms with van der Waals surface area (Å²) in [6, 6.07) is 61.7. The number of benzene rings is 7. The molecule has 10 rings (SSSR count). The van der Waals surface area contributed by atoms with Crippen molar-refractivity contribution < 1.29 is 0 Å². The lowest BCUT2D eigenvalue weighted by Gasteiger charge is -2.17. The molecule has 56 heavy (non-hydrogen) atoms. The van der Waals surface area contributed by atoms with Crippen LogP contribution in [-0.2, 0) is 0 Å². The van der Waals surface area contributed by atoms with Gasteiger partial charge in [-0.15, -0.1) is 0 Å². The molecule has 0 aliphatic carbocycles. The van der Waals surface area contributed by atoms with E-state index in [1.54, 1.807) is 0 Å². The normalized spacial score (nSPS) is 11.2. The Bertz CT molecular complexity index is 3340. The molecule has 0 radical (unpaired) electrons. The number of hydrogen-bond acceptors (Lipinski definition) is 4. The molecular formula is C50H28N6. The smallest absolute Gasteiger partial charge is 0.138 e. The summed E-state index contributed by atoms with van der Waals surface area (Å²) in [4.78, 5) is 5.22. The fourth-order valence-corrected chi connectivity index (χ4v) is 8.04. The molecular weight excluding hydrogens is 685 g/mol. The van der Waals surface area contributed by atoms with Crippen molar-refractivity contribution in [1.29, 1.82) is 15.8 Å². The number of nitriles is 3. The van der Waals surface area contributed by atoms with Crippen LogP contribution in [0.4, 0.5) is 0 Å². The van der Waals surface area contributed by atoms with Crippen LogP contribution in [0.2, 0.25) is 0 Å². The zero-order chi connectivity index (χ0) is 37.8. The van der Waals surface area contributed by atoms with E-state index in [-0.39, 0.29) is 0 Å². The standard InChI is InChI=1S/C50H28N6/c51-28-32-15-17-35(18-16-32)42-27-50(56-46-14-4-2-12-41(46)44-26-39(20-22-48(44)56)37-10-6-8-34(24-37)30-53)54-31-49(42)55-45-13-3-1-11-40(45)43-25-38(19-21-47(43)55)36-9-5-7-33(23-36)29-52/h1-27,31H. The maximum Gasteiger partial charge on any atom is 0.138 e. The second kappa shape index (κ2) is 13.0. The first kappa shape index (κ1) is 32.4. The Morgan fingerprint density at radius 2 is 0.857 bits per heavy atom. The third-order valence-electron chi connectivity index (χ3n) is 10.7. The summed E-state index contributed by atoms with van der Waals surface area (Å²) in [7, 11) is 0. The molecule has 0 bridgehead atoms. The van der Waals surface area contributed by atoms with Gasteiger partial charge < -0.3 is 4.57 Å². The molecule has 0 saturated carbocycles. The Morgan fingerprint density at radius 1 is 0.375 bits per heavy atom. The molecule has 0 aliphatic heterocycles. The summed E-state index contributed by atoms with van der Waals surface area (Å²) >= 11 is 0. The summed E-state index contributed by atoms with van der Waals surface area (Å²) < 4.78 is 4.49. The minimum absolute atomic E-state index is 0.591. The molecule has 0 unspecified atom stereocenters. The number of pyridine rings is 1. The molecule has 6 heteroatoms. The molecule has 7 aromatic carbocycles. The van der Waals surface area contributed by atoms with E-state index < -0.39 is 0 Å². The van der Waals surface area contributed by atoms with E-state index in [0.29, 0.717) is 16.7 Å². The Morgan fingerprint density at radius 3 is 1.43 bits per heavy atom. The highest BCUT2D eigenvalue weighted by Crippen LogP contribution is 2.40. The topological polar surface area (TPSA) is 94.1 Å². The number of fused-ring (bicyclic) bond motifs is 6. The van der Waals surface area contributed by atoms with Crippen LogP contribution in [0.25, 0.3) is 88.5 Å². The Balaban J connectivity index is 1.21. The van der Waals surface area contributed by atoms with Crippen LogP contribution >= 0.6 is 0 Å². The van der Waals surface area contributed by atoms with Crippen LogP contribution in [0.3, 0.4) is 0 Å². The predicted octanol–water partition coefficient (Wildman–Crippen LogP) is 11.9. The van der Waals surface area contributed by atoms with E-state index in [1.165, 1.54) is 0 Å². The van der Waals surface area contributed by atoms with Gasteiger partial charge in [-0.1, -0.05) is 84.9 Å². The summed E-state index contributed by atoms with van der Waals surface area (Å²) in [6.45, 7) is 0. The van der Waals surface area contributed by atoms with Crippen LogP contribution < -0.4 is 0 Å². The molecule has 0 fully saturated rings. The van der Waals surface area contributed by atoms with Crippen molar-refractivity contribution in [2.24, 2.45) is 0 Å². The average molecular weight is 713 g/mol. The fraction of sp³-hybridized carbons (Fsp3) is 0. The summed E-state index contributed by atoms with van der Waals surface area (Å²) in [5, 5.41) is 33.2. The van der Waals surface area contributed by atoms with Crippen molar-refractivity contribution in [3.05, 3.63) is 187 Å². The van der Waals surface area contributed by atoms with Gasteiger partial charge in [-0.25, -0.2) is 4.98 Å². The van der Waals surface area contributed by atoms with Gasteiger partial charge in [0.15, 0.2) is 0 Å². The van der Waals surface area contributed by atoms with E-state index in [0.717, 1.165) is 88.5 Å². The van der Waals surface area contributed by atoms with Crippen molar-refractivity contribution in [2.45, 2.75) is 0 Å². The maximum atomic E-state index is 9.67. The first-order valence-corrected chi connectivity index (χ1v) is 18.2. The molecule has 6 nitrogen and oxygen atoms in total. The lowest BCUT2D eigenvalue weighted by molar-refractivity contribution is 1.06. The number of para-hydroxylation sites is 2. The van der Waals surface area contributed by atoms with Crippen molar-refractivity contribution in [1.82, 2.24) is 14.1 Å². The quantitative estimate of drug-likeness (QED) is 0.177. The van der Waals surface area contributed by atoms with Crippen molar-refractivity contribution in [3.8, 4) is 63.1 Å². The van der Waals surface area contributed by atoms with E-state index >= 15 is 0 Å². The molecule has 0 spiro atoms. The Hall–Kier alpha value is -8.24. The van der Waals surface area contributed by atoms with Gasteiger partial charge in [0.25, 0.3) is 0 Å². The zero-order valence-electron chi connectivity index (χ0n) is 29.8. The summed E-state index contributed by atoms with van der Waals surface area (Å²) in [6.07, 6.45) is 1.96. The molecule has 0 aliphatic rings. The molecule has 10 aromatic rings. The van der Waals surface area contributed by atoms with Gasteiger partial charge in [0, 0.05) is 27.1 Å². The maximum absolute atomic E-state index is 9.67. The predicted molar refractivity (Wildman–Crippen MR) is 223 cm³/mol. The van der Waals surface area contributed by atoms with E-state index in [9.17, 15) is 15.8 Å². The van der Waals surface area contributed by atoms with Gasteiger partial charge in [-0.05, 0) is 107 Å². The minimum atomic E-state index is 0.591. The third-order valence-corrected chi connectivity index (χ3v) is 10.7. The van der Waals surface area contributed by atoms with Gasteiger partial charge in [0.1, 0.15) is 5.82 Å². The van der Waals surface area contributed by atoms with Gasteiger partial charge in [0.2, 0.25) is 0 Å². The molecule has 0 amide bonds. The van der Waals surface area contributed by atoms with Crippen LogP contribution in [0.1, 0.15) is 16.7 Å². The minimum Gasteiger partial charge on any atom is -0.307 e. The van der Waals surface area contributed by atoms with Gasteiger partial charge in [-0.3, -0.25) is 4.57 Å². The highest BCUT2D eigenvalue weighted by molar-refractivity contribution is 6.12. The highest BCUT2D eigenvalue weighted by atomic mass is 15.1. The molecule has 0 saturated heterocycles. The monoisotopic (exact) mass is 712 g/mol. The summed E-state index contributed by atoms with van der Waals surface area (Å²) in [5.41, 5.74) is 12.8. The van der Waals surface area contributed by atoms with E-state index in [1.807, 2.05) is 85.1 Å². The summed E-state index contributed by atoms with van der Waals surface area (Å²) in [5.74, 6) is 0.763. The molecule has 0 atom stereocenters. The molecule has 258 valence electrons. The van der Waals surface area contributed by atoms with E-state index in [2.05, 4.69) is 112 Å². The number of nitrogens with zero attached hydrogens (tertiary/aromatic N) is 6. The molecule has 3 aromatic heterocycles. The second-order valence-electron chi connectivity index (χ2n) is 13.8. The number of aromatic nitrogens is 3. The highest BCUT2D eigenvalue weighted by Gasteiger charge is 2.20. The van der Waals surface area contributed by atoms with Gasteiger partial charge >= 0.3 is 0 Å². The SMILES string of the molecule is N#Cc1ccc(-c2cc(-n3c4ccccc4c4cc(-c5cccc(C#N)c5)ccc43)ncc2-n2c3ccccc3c3cc(-c4cccc(C#N)c4)ccc32)cc1. The van der Waals surface area contributed by atoms with Crippen LogP contribution in [0.15, 0.2) is 170 Å². The second-order valence-corrected chi connectivity index (χ2v) is 13.8. The van der Waals surface area contributed by atoms with Crippen molar-refractivity contribution in [3.63, 3.8) is 0 Å². The van der Waals surface area contributed by atoms with Crippen molar-refractivity contribution in [2.75, 3.05) is 0 Å². The number of hydrogen-bond donors (Lipinski definition) is 0. The fourth-order valence-electron chi connectivity index (χ4n) is 8.04. The average Bonchev–Trinajstić information content (AvgIpc) is 3.78. The first-order valence-electron chi connectivity index (χ1n) is 18.2. The lowest BCUT2D eigenvalue weighted by atomic mass is 10.0. The molecule has 0 N–H and O–H groups in total. The lowest BCUT2D eigenvalue weighted by Crippen LogP contribution is -2.03. The van der Waals surface area contributed by atoms with Crippen molar-refractivity contribution >= 4 is 43.6 Å². The van der Waals surface area contributed by atoms with Crippen LogP contribution in [0, 0.1) is 34.0 Å². The van der Waals surface area contributed by atoms with Crippen LogP contribution in [-0.4, -0.2) is 14.1 Å². The van der Waals surface area contributed by atoms with Crippen LogP contribution in [0.5, 0.6) is 0 Å². The van der Waals surface area contributed by atoms with Gasteiger partial charge in [-0.2, -0.15) is 15.8 Å². The van der Waals surface area contributed by atoms with E-state index in [4.69, 9.17) is 4.98 Å². The molecule has 3 heterocycles. The Kier molecular flexibility index (Phi) is 7.53. The largest absolute Gasteiger partial charge is 0.307 e.